The molecule has 0 aliphatic heterocycles. The summed E-state index contributed by atoms with van der Waals surface area (Å²) in [7, 11) is 3.29. The van der Waals surface area contributed by atoms with Crippen molar-refractivity contribution >= 4 is 12.4 Å². The topological polar surface area (TPSA) is 44.5 Å². The summed E-state index contributed by atoms with van der Waals surface area (Å²) in [4.78, 5) is 0. The molecule has 92 valence electrons. The van der Waals surface area contributed by atoms with E-state index in [1.54, 1.807) is 14.2 Å². The van der Waals surface area contributed by atoms with Crippen LogP contribution in [0.5, 0.6) is 11.5 Å². The summed E-state index contributed by atoms with van der Waals surface area (Å²) in [5.41, 5.74) is 7.09. The lowest BCUT2D eigenvalue weighted by molar-refractivity contribution is 0.387. The molecule has 0 amide bonds. The quantitative estimate of drug-likeness (QED) is 0.868. The van der Waals surface area contributed by atoms with Crippen LogP contribution in [0.15, 0.2) is 18.2 Å². The number of ether oxygens (including phenoxy) is 2. The highest BCUT2D eigenvalue weighted by atomic mass is 35.5. The van der Waals surface area contributed by atoms with Crippen molar-refractivity contribution in [3.8, 4) is 11.5 Å². The molecule has 2 N–H and O–H groups in total. The first-order valence-electron chi connectivity index (χ1n) is 5.20. The fraction of sp³-hybridized carbons (Fsp3) is 0.500. The maximum Gasteiger partial charge on any atom is 0.127 e. The first-order chi connectivity index (χ1) is 7.22. The SMILES string of the molecule is CCCC(N)c1ccc(OC)cc1OC.Cl. The van der Waals surface area contributed by atoms with Crippen LogP contribution in [0.3, 0.4) is 0 Å². The minimum atomic E-state index is 0. The average molecular weight is 246 g/mol. The van der Waals surface area contributed by atoms with Crippen molar-refractivity contribution in [1.29, 1.82) is 0 Å². The molecule has 3 nitrogen and oxygen atoms in total. The van der Waals surface area contributed by atoms with E-state index in [0.717, 1.165) is 29.9 Å². The molecule has 0 saturated carbocycles. The van der Waals surface area contributed by atoms with Gasteiger partial charge in [-0.1, -0.05) is 19.4 Å². The highest BCUT2D eigenvalue weighted by Gasteiger charge is 2.11. The Morgan fingerprint density at radius 1 is 1.25 bits per heavy atom. The van der Waals surface area contributed by atoms with Crippen LogP contribution in [0.25, 0.3) is 0 Å². The second kappa shape index (κ2) is 7.36. The lowest BCUT2D eigenvalue weighted by Gasteiger charge is -2.15. The van der Waals surface area contributed by atoms with E-state index in [1.165, 1.54) is 0 Å². The van der Waals surface area contributed by atoms with Gasteiger partial charge < -0.3 is 15.2 Å². The summed E-state index contributed by atoms with van der Waals surface area (Å²) in [6.07, 6.45) is 2.03. The maximum atomic E-state index is 6.05. The number of rotatable bonds is 5. The molecule has 16 heavy (non-hydrogen) atoms. The van der Waals surface area contributed by atoms with Gasteiger partial charge in [-0.2, -0.15) is 0 Å². The first kappa shape index (κ1) is 15.1. The summed E-state index contributed by atoms with van der Waals surface area (Å²) in [6, 6.07) is 5.78. The van der Waals surface area contributed by atoms with Gasteiger partial charge >= 0.3 is 0 Å². The zero-order valence-corrected chi connectivity index (χ0v) is 10.8. The lowest BCUT2D eigenvalue weighted by Crippen LogP contribution is -2.11. The normalized spacial score (nSPS) is 11.5. The number of nitrogens with two attached hydrogens (primary N) is 1. The Kier molecular flexibility index (Phi) is 6.93. The standard InChI is InChI=1S/C12H19NO2.ClH/c1-4-5-11(13)10-7-6-9(14-2)8-12(10)15-3;/h6-8,11H,4-5,13H2,1-3H3;1H. The molecule has 0 heterocycles. The Balaban J connectivity index is 0.00000225. The predicted octanol–water partition coefficient (Wildman–Crippen LogP) is 2.93. The minimum Gasteiger partial charge on any atom is -0.497 e. The van der Waals surface area contributed by atoms with Crippen LogP contribution < -0.4 is 15.2 Å². The largest absolute Gasteiger partial charge is 0.497 e. The van der Waals surface area contributed by atoms with Gasteiger partial charge in [-0.05, 0) is 12.5 Å². The molecule has 4 heteroatoms. The Hall–Kier alpha value is -0.930. The number of benzene rings is 1. The first-order valence-corrected chi connectivity index (χ1v) is 5.20. The molecule has 0 spiro atoms. The van der Waals surface area contributed by atoms with E-state index < -0.39 is 0 Å². The number of methoxy groups -OCH3 is 2. The highest BCUT2D eigenvalue weighted by Crippen LogP contribution is 2.30. The van der Waals surface area contributed by atoms with Gasteiger partial charge in [0.1, 0.15) is 11.5 Å². The van der Waals surface area contributed by atoms with Crippen LogP contribution in [0.1, 0.15) is 31.4 Å². The Bertz CT molecular complexity index is 318. The van der Waals surface area contributed by atoms with E-state index in [9.17, 15) is 0 Å². The average Bonchev–Trinajstić information content (AvgIpc) is 2.28. The van der Waals surface area contributed by atoms with Crippen molar-refractivity contribution in [2.45, 2.75) is 25.8 Å². The number of hydrogen-bond donors (Lipinski definition) is 1. The van der Waals surface area contributed by atoms with Gasteiger partial charge in [-0.15, -0.1) is 12.4 Å². The molecule has 0 saturated heterocycles. The van der Waals surface area contributed by atoms with Gasteiger partial charge in [0.2, 0.25) is 0 Å². The third kappa shape index (κ3) is 3.58. The van der Waals surface area contributed by atoms with Gasteiger partial charge in [0.05, 0.1) is 14.2 Å². The molecule has 0 radical (unpaired) electrons. The van der Waals surface area contributed by atoms with Crippen molar-refractivity contribution < 1.29 is 9.47 Å². The maximum absolute atomic E-state index is 6.05. The fourth-order valence-corrected chi connectivity index (χ4v) is 1.59. The molecule has 0 aliphatic carbocycles. The smallest absolute Gasteiger partial charge is 0.127 e. The van der Waals surface area contributed by atoms with Crippen molar-refractivity contribution in [2.75, 3.05) is 14.2 Å². The van der Waals surface area contributed by atoms with Crippen LogP contribution >= 0.6 is 12.4 Å². The monoisotopic (exact) mass is 245 g/mol. The molecule has 1 aromatic carbocycles. The summed E-state index contributed by atoms with van der Waals surface area (Å²) >= 11 is 0. The predicted molar refractivity (Wildman–Crippen MR) is 68.6 cm³/mol. The van der Waals surface area contributed by atoms with E-state index >= 15 is 0 Å². The summed E-state index contributed by atoms with van der Waals surface area (Å²) in [5.74, 6) is 1.59. The van der Waals surface area contributed by atoms with Gasteiger partial charge in [-0.3, -0.25) is 0 Å². The van der Waals surface area contributed by atoms with E-state index in [4.69, 9.17) is 15.2 Å². The third-order valence-corrected chi connectivity index (χ3v) is 2.44. The number of hydrogen-bond acceptors (Lipinski definition) is 3. The Morgan fingerprint density at radius 3 is 2.44 bits per heavy atom. The van der Waals surface area contributed by atoms with Gasteiger partial charge in [-0.25, -0.2) is 0 Å². The second-order valence-electron chi connectivity index (χ2n) is 3.50. The van der Waals surface area contributed by atoms with E-state index in [2.05, 4.69) is 6.92 Å². The molecule has 1 aromatic rings. The zero-order chi connectivity index (χ0) is 11.3. The van der Waals surface area contributed by atoms with Crippen LogP contribution in [0, 0.1) is 0 Å². The van der Waals surface area contributed by atoms with Crippen LogP contribution in [0.4, 0.5) is 0 Å². The van der Waals surface area contributed by atoms with Crippen LogP contribution in [0.2, 0.25) is 0 Å². The van der Waals surface area contributed by atoms with E-state index in [1.807, 2.05) is 18.2 Å². The van der Waals surface area contributed by atoms with Crippen molar-refractivity contribution in [3.63, 3.8) is 0 Å². The molecule has 0 bridgehead atoms. The van der Waals surface area contributed by atoms with E-state index in [0.29, 0.717) is 0 Å². The molecule has 0 fully saturated rings. The summed E-state index contributed by atoms with van der Waals surface area (Å²) in [6.45, 7) is 2.12. The molecule has 1 unspecified atom stereocenters. The second-order valence-corrected chi connectivity index (χ2v) is 3.50. The molecular weight excluding hydrogens is 226 g/mol. The summed E-state index contributed by atoms with van der Waals surface area (Å²) < 4.78 is 10.4. The van der Waals surface area contributed by atoms with Crippen LogP contribution in [-0.4, -0.2) is 14.2 Å². The van der Waals surface area contributed by atoms with Crippen molar-refractivity contribution in [3.05, 3.63) is 23.8 Å². The molecular formula is C12H20ClNO2. The molecule has 0 aromatic heterocycles. The minimum absolute atomic E-state index is 0. The van der Waals surface area contributed by atoms with Crippen molar-refractivity contribution in [2.24, 2.45) is 5.73 Å². The Labute approximate surface area is 103 Å². The highest BCUT2D eigenvalue weighted by molar-refractivity contribution is 5.85. The van der Waals surface area contributed by atoms with Gasteiger partial charge in [0, 0.05) is 17.7 Å². The summed E-state index contributed by atoms with van der Waals surface area (Å²) in [5, 5.41) is 0. The fourth-order valence-electron chi connectivity index (χ4n) is 1.59. The zero-order valence-electron chi connectivity index (χ0n) is 10.0. The molecule has 0 aliphatic rings. The molecule has 1 atom stereocenters. The van der Waals surface area contributed by atoms with Crippen molar-refractivity contribution in [1.82, 2.24) is 0 Å². The Morgan fingerprint density at radius 2 is 1.94 bits per heavy atom. The number of halogens is 1. The third-order valence-electron chi connectivity index (χ3n) is 2.44. The van der Waals surface area contributed by atoms with E-state index in [-0.39, 0.29) is 18.4 Å². The lowest BCUT2D eigenvalue weighted by atomic mass is 10.0. The van der Waals surface area contributed by atoms with Gasteiger partial charge in [0.15, 0.2) is 0 Å². The van der Waals surface area contributed by atoms with Crippen LogP contribution in [-0.2, 0) is 0 Å². The molecule has 1 rings (SSSR count). The van der Waals surface area contributed by atoms with Gasteiger partial charge in [0.25, 0.3) is 0 Å².